The van der Waals surface area contributed by atoms with Gasteiger partial charge in [-0.2, -0.15) is 0 Å². The first-order valence-electron chi connectivity index (χ1n) is 7.36. The summed E-state index contributed by atoms with van der Waals surface area (Å²) in [6.07, 6.45) is 0. The van der Waals surface area contributed by atoms with Crippen LogP contribution in [0.25, 0.3) is 0 Å². The topological polar surface area (TPSA) is 66.5 Å². The fraction of sp³-hybridized carbons (Fsp3) is 0.312. The molecule has 0 bridgehead atoms. The molecule has 0 saturated heterocycles. The predicted octanol–water partition coefficient (Wildman–Crippen LogP) is 3.28. The van der Waals surface area contributed by atoms with E-state index in [4.69, 9.17) is 11.6 Å². The van der Waals surface area contributed by atoms with E-state index >= 15 is 0 Å². The van der Waals surface area contributed by atoms with E-state index in [1.807, 2.05) is 13.0 Å². The highest BCUT2D eigenvalue weighted by molar-refractivity contribution is 7.89. The van der Waals surface area contributed by atoms with Crippen LogP contribution in [0, 0.1) is 6.92 Å². The number of benzene rings is 1. The van der Waals surface area contributed by atoms with Gasteiger partial charge >= 0.3 is 0 Å². The zero-order valence-electron chi connectivity index (χ0n) is 13.7. The molecule has 0 aliphatic heterocycles. The fourth-order valence-corrected chi connectivity index (χ4v) is 4.10. The number of nitrogens with one attached hydrogen (secondary N) is 1. The summed E-state index contributed by atoms with van der Waals surface area (Å²) in [5, 5.41) is 0. The van der Waals surface area contributed by atoms with Crippen LogP contribution in [0.15, 0.2) is 35.2 Å². The van der Waals surface area contributed by atoms with Crippen molar-refractivity contribution in [2.75, 3.05) is 13.6 Å². The Balaban J connectivity index is 2.34. The minimum Gasteiger partial charge on any atom is -0.334 e. The maximum atomic E-state index is 12.9. The molecule has 24 heavy (non-hydrogen) atoms. The highest BCUT2D eigenvalue weighted by atomic mass is 35.5. The van der Waals surface area contributed by atoms with E-state index in [0.717, 1.165) is 10.4 Å². The van der Waals surface area contributed by atoms with Crippen molar-refractivity contribution in [2.45, 2.75) is 25.3 Å². The number of carbonyl (C=O) groups is 1. The lowest BCUT2D eigenvalue weighted by molar-refractivity contribution is 0.0753. The summed E-state index contributed by atoms with van der Waals surface area (Å²) in [4.78, 5) is 15.6. The number of thiophene rings is 1. The second-order valence-corrected chi connectivity index (χ2v) is 8.90. The molecule has 2 rings (SSSR count). The highest BCUT2D eigenvalue weighted by Crippen LogP contribution is 2.24. The molecule has 0 spiro atoms. The Morgan fingerprint density at radius 2 is 2.00 bits per heavy atom. The van der Waals surface area contributed by atoms with Crippen LogP contribution in [0.3, 0.4) is 0 Å². The monoisotopic (exact) mass is 386 g/mol. The fourth-order valence-electron chi connectivity index (χ4n) is 2.24. The lowest BCUT2D eigenvalue weighted by atomic mass is 10.1. The third-order valence-electron chi connectivity index (χ3n) is 3.66. The number of halogens is 1. The molecule has 0 fully saturated rings. The van der Waals surface area contributed by atoms with Gasteiger partial charge in [0.25, 0.3) is 5.91 Å². The van der Waals surface area contributed by atoms with Crippen molar-refractivity contribution in [2.24, 2.45) is 0 Å². The van der Waals surface area contributed by atoms with E-state index in [9.17, 15) is 13.2 Å². The highest BCUT2D eigenvalue weighted by Gasteiger charge is 2.20. The van der Waals surface area contributed by atoms with E-state index in [1.165, 1.54) is 30.5 Å². The lowest BCUT2D eigenvalue weighted by Gasteiger charge is -2.21. The Kier molecular flexibility index (Phi) is 6.03. The molecule has 5 nitrogen and oxygen atoms in total. The molecule has 2 aromatic rings. The number of amides is 1. The van der Waals surface area contributed by atoms with Crippen molar-refractivity contribution in [3.8, 4) is 0 Å². The average molecular weight is 387 g/mol. The summed E-state index contributed by atoms with van der Waals surface area (Å²) in [5.41, 5.74) is 1.12. The number of rotatable bonds is 6. The Morgan fingerprint density at radius 3 is 2.54 bits per heavy atom. The molecule has 8 heteroatoms. The van der Waals surface area contributed by atoms with Gasteiger partial charge in [-0.1, -0.05) is 17.7 Å². The summed E-state index contributed by atoms with van der Waals surface area (Å²) in [7, 11) is -2.25. The molecule has 1 heterocycles. The molecule has 1 amide bonds. The molecule has 0 atom stereocenters. The van der Waals surface area contributed by atoms with Gasteiger partial charge in [0.15, 0.2) is 0 Å². The number of hydrogen-bond donors (Lipinski definition) is 1. The molecule has 0 unspecified atom stereocenters. The van der Waals surface area contributed by atoms with Crippen LogP contribution in [0.5, 0.6) is 0 Å². The summed E-state index contributed by atoms with van der Waals surface area (Å²) >= 11 is 7.36. The Bertz CT molecular complexity index is 847. The van der Waals surface area contributed by atoms with E-state index in [2.05, 4.69) is 4.72 Å². The standard InChI is InChI=1S/C16H19ClN2O3S2/c1-4-19(10-12-6-8-15(17)23-12)16(20)14-9-13(7-5-11(14)2)24(21,22)18-3/h5-9,18H,4,10H2,1-3H3. The van der Waals surface area contributed by atoms with Gasteiger partial charge in [0.1, 0.15) is 0 Å². The van der Waals surface area contributed by atoms with Crippen LogP contribution in [-0.2, 0) is 16.6 Å². The van der Waals surface area contributed by atoms with Gasteiger partial charge in [-0.25, -0.2) is 13.1 Å². The number of carbonyl (C=O) groups excluding carboxylic acids is 1. The summed E-state index contributed by atoms with van der Waals surface area (Å²) in [5.74, 6) is -0.201. The lowest BCUT2D eigenvalue weighted by Crippen LogP contribution is -2.31. The van der Waals surface area contributed by atoms with Crippen molar-refractivity contribution in [1.82, 2.24) is 9.62 Å². The van der Waals surface area contributed by atoms with E-state index in [0.29, 0.717) is 23.0 Å². The summed E-state index contributed by atoms with van der Waals surface area (Å²) in [6.45, 7) is 4.63. The summed E-state index contributed by atoms with van der Waals surface area (Å²) < 4.78 is 26.9. The van der Waals surface area contributed by atoms with Gasteiger partial charge < -0.3 is 4.90 Å². The van der Waals surface area contributed by atoms with Crippen LogP contribution in [0.2, 0.25) is 4.34 Å². The van der Waals surface area contributed by atoms with Gasteiger partial charge in [-0.05, 0) is 50.7 Å². The number of sulfonamides is 1. The van der Waals surface area contributed by atoms with Crippen LogP contribution in [0.1, 0.15) is 27.7 Å². The van der Waals surface area contributed by atoms with Gasteiger partial charge in [0.2, 0.25) is 10.0 Å². The van der Waals surface area contributed by atoms with Crippen LogP contribution in [0.4, 0.5) is 0 Å². The molecular weight excluding hydrogens is 368 g/mol. The number of hydrogen-bond acceptors (Lipinski definition) is 4. The summed E-state index contributed by atoms with van der Waals surface area (Å²) in [6, 6.07) is 8.25. The number of aryl methyl sites for hydroxylation is 1. The molecule has 0 aliphatic rings. The van der Waals surface area contributed by atoms with Crippen molar-refractivity contribution >= 4 is 38.9 Å². The normalized spacial score (nSPS) is 11.5. The Hall–Kier alpha value is -1.41. The van der Waals surface area contributed by atoms with Crippen molar-refractivity contribution in [1.29, 1.82) is 0 Å². The number of nitrogens with zero attached hydrogens (tertiary/aromatic N) is 1. The average Bonchev–Trinajstić information content (AvgIpc) is 2.97. The first kappa shape index (κ1) is 18.9. The van der Waals surface area contributed by atoms with Gasteiger partial charge in [-0.15, -0.1) is 11.3 Å². The zero-order chi connectivity index (χ0) is 17.9. The van der Waals surface area contributed by atoms with Crippen molar-refractivity contribution in [3.05, 3.63) is 50.7 Å². The van der Waals surface area contributed by atoms with E-state index in [1.54, 1.807) is 24.0 Å². The molecule has 1 aromatic heterocycles. The van der Waals surface area contributed by atoms with E-state index < -0.39 is 10.0 Å². The minimum atomic E-state index is -3.60. The third-order valence-corrected chi connectivity index (χ3v) is 6.29. The molecule has 0 saturated carbocycles. The Labute approximate surface area is 151 Å². The van der Waals surface area contributed by atoms with Gasteiger partial charge in [-0.3, -0.25) is 4.79 Å². The molecule has 1 N–H and O–H groups in total. The van der Waals surface area contributed by atoms with Crippen LogP contribution < -0.4 is 4.72 Å². The van der Waals surface area contributed by atoms with Gasteiger partial charge in [0.05, 0.1) is 15.8 Å². The predicted molar refractivity (Wildman–Crippen MR) is 97.2 cm³/mol. The zero-order valence-corrected chi connectivity index (χ0v) is 16.1. The van der Waals surface area contributed by atoms with Gasteiger partial charge in [0, 0.05) is 17.0 Å². The maximum Gasteiger partial charge on any atom is 0.254 e. The first-order valence-corrected chi connectivity index (χ1v) is 10.0. The van der Waals surface area contributed by atoms with Crippen LogP contribution >= 0.6 is 22.9 Å². The third kappa shape index (κ3) is 4.16. The second kappa shape index (κ2) is 7.65. The van der Waals surface area contributed by atoms with Crippen molar-refractivity contribution in [3.63, 3.8) is 0 Å². The quantitative estimate of drug-likeness (QED) is 0.828. The smallest absolute Gasteiger partial charge is 0.254 e. The second-order valence-electron chi connectivity index (χ2n) is 5.21. The van der Waals surface area contributed by atoms with Crippen molar-refractivity contribution < 1.29 is 13.2 Å². The first-order chi connectivity index (χ1) is 11.3. The van der Waals surface area contributed by atoms with Crippen LogP contribution in [-0.4, -0.2) is 32.8 Å². The molecule has 130 valence electrons. The molecule has 1 aromatic carbocycles. The van der Waals surface area contributed by atoms with E-state index in [-0.39, 0.29) is 10.8 Å². The minimum absolute atomic E-state index is 0.0779. The maximum absolute atomic E-state index is 12.9. The Morgan fingerprint density at radius 1 is 1.29 bits per heavy atom. The molecule has 0 aliphatic carbocycles. The molecular formula is C16H19ClN2O3S2. The largest absolute Gasteiger partial charge is 0.334 e. The SMILES string of the molecule is CCN(Cc1ccc(Cl)s1)C(=O)c1cc(S(=O)(=O)NC)ccc1C. The molecule has 0 radical (unpaired) electrons.